The Morgan fingerprint density at radius 2 is 2.08 bits per heavy atom. The molecule has 0 bridgehead atoms. The molecule has 5 heteroatoms. The molecule has 0 radical (unpaired) electrons. The third-order valence-electron chi connectivity index (χ3n) is 2.19. The van der Waals surface area contributed by atoms with E-state index in [9.17, 15) is 8.42 Å². The van der Waals surface area contributed by atoms with E-state index in [1.807, 2.05) is 0 Å². The zero-order valence-electron chi connectivity index (χ0n) is 8.45. The van der Waals surface area contributed by atoms with Gasteiger partial charge < -0.3 is 5.32 Å². The molecule has 13 heavy (non-hydrogen) atoms. The molecule has 4 nitrogen and oxygen atoms in total. The Morgan fingerprint density at radius 1 is 1.46 bits per heavy atom. The summed E-state index contributed by atoms with van der Waals surface area (Å²) >= 11 is 0. The minimum absolute atomic E-state index is 0.328. The predicted octanol–water partition coefficient (Wildman–Crippen LogP) is 0.0183. The smallest absolute Gasteiger partial charge is 0.211 e. The van der Waals surface area contributed by atoms with Gasteiger partial charge in [0, 0.05) is 25.2 Å². The number of rotatable bonds is 3. The SMILES string of the molecule is CC(C)NC1CCN(S(C)(=O)=O)C1. The van der Waals surface area contributed by atoms with E-state index in [4.69, 9.17) is 0 Å². The van der Waals surface area contributed by atoms with Gasteiger partial charge in [-0.25, -0.2) is 12.7 Å². The maximum atomic E-state index is 11.2. The second-order valence-electron chi connectivity index (χ2n) is 3.93. The van der Waals surface area contributed by atoms with Crippen LogP contribution in [-0.4, -0.2) is 44.2 Å². The molecule has 1 aliphatic heterocycles. The van der Waals surface area contributed by atoms with Crippen LogP contribution in [0.5, 0.6) is 0 Å². The Kier molecular flexibility index (Phi) is 3.32. The lowest BCUT2D eigenvalue weighted by Crippen LogP contribution is -2.38. The van der Waals surface area contributed by atoms with Crippen LogP contribution in [-0.2, 0) is 10.0 Å². The minimum Gasteiger partial charge on any atom is -0.310 e. The molecule has 1 fully saturated rings. The molecule has 78 valence electrons. The summed E-state index contributed by atoms with van der Waals surface area (Å²) in [5, 5.41) is 3.34. The highest BCUT2D eigenvalue weighted by atomic mass is 32.2. The Hall–Kier alpha value is -0.130. The first-order valence-corrected chi connectivity index (χ1v) is 6.45. The van der Waals surface area contributed by atoms with Crippen molar-refractivity contribution in [3.8, 4) is 0 Å². The van der Waals surface area contributed by atoms with Crippen molar-refractivity contribution in [1.82, 2.24) is 9.62 Å². The summed E-state index contributed by atoms with van der Waals surface area (Å²) in [6.07, 6.45) is 2.19. The topological polar surface area (TPSA) is 49.4 Å². The summed E-state index contributed by atoms with van der Waals surface area (Å²) in [4.78, 5) is 0. The van der Waals surface area contributed by atoms with Gasteiger partial charge in [0.1, 0.15) is 0 Å². The predicted molar refractivity (Wildman–Crippen MR) is 53.1 cm³/mol. The number of nitrogens with zero attached hydrogens (tertiary/aromatic N) is 1. The van der Waals surface area contributed by atoms with Crippen LogP contribution in [0.25, 0.3) is 0 Å². The van der Waals surface area contributed by atoms with Crippen LogP contribution in [0.3, 0.4) is 0 Å². The zero-order valence-corrected chi connectivity index (χ0v) is 9.26. The van der Waals surface area contributed by atoms with Crippen LogP contribution < -0.4 is 5.32 Å². The average Bonchev–Trinajstić information content (AvgIpc) is 2.32. The zero-order chi connectivity index (χ0) is 10.1. The normalized spacial score (nSPS) is 25.7. The number of hydrogen-bond acceptors (Lipinski definition) is 3. The van der Waals surface area contributed by atoms with Gasteiger partial charge in [-0.15, -0.1) is 0 Å². The van der Waals surface area contributed by atoms with E-state index in [0.29, 0.717) is 25.2 Å². The van der Waals surface area contributed by atoms with Crippen LogP contribution in [0.2, 0.25) is 0 Å². The molecule has 1 aliphatic rings. The lowest BCUT2D eigenvalue weighted by atomic mass is 10.2. The molecule has 1 saturated heterocycles. The van der Waals surface area contributed by atoms with Crippen LogP contribution in [0, 0.1) is 0 Å². The Bertz CT molecular complexity index is 261. The fourth-order valence-corrected chi connectivity index (χ4v) is 2.52. The third kappa shape index (κ3) is 3.25. The van der Waals surface area contributed by atoms with Crippen LogP contribution in [0.15, 0.2) is 0 Å². The van der Waals surface area contributed by atoms with Crippen molar-refractivity contribution in [1.29, 1.82) is 0 Å². The molecule has 1 N–H and O–H groups in total. The maximum Gasteiger partial charge on any atom is 0.211 e. The largest absolute Gasteiger partial charge is 0.310 e. The summed E-state index contributed by atoms with van der Waals surface area (Å²) in [6.45, 7) is 5.42. The lowest BCUT2D eigenvalue weighted by molar-refractivity contribution is 0.443. The molecule has 1 unspecified atom stereocenters. The van der Waals surface area contributed by atoms with Crippen molar-refractivity contribution in [2.75, 3.05) is 19.3 Å². The van der Waals surface area contributed by atoms with Crippen molar-refractivity contribution >= 4 is 10.0 Å². The van der Waals surface area contributed by atoms with Gasteiger partial charge in [0.2, 0.25) is 10.0 Å². The highest BCUT2D eigenvalue weighted by molar-refractivity contribution is 7.88. The fourth-order valence-electron chi connectivity index (χ4n) is 1.64. The number of sulfonamides is 1. The summed E-state index contributed by atoms with van der Waals surface area (Å²) in [6, 6.07) is 0.749. The molecule has 1 atom stereocenters. The number of hydrogen-bond donors (Lipinski definition) is 1. The van der Waals surface area contributed by atoms with E-state index < -0.39 is 10.0 Å². The average molecular weight is 206 g/mol. The molecule has 0 aromatic rings. The van der Waals surface area contributed by atoms with E-state index >= 15 is 0 Å². The standard InChI is InChI=1S/C8H18N2O2S/c1-7(2)9-8-4-5-10(6-8)13(3,11)12/h7-9H,4-6H2,1-3H3. The molecular formula is C8H18N2O2S. The van der Waals surface area contributed by atoms with Gasteiger partial charge in [0.25, 0.3) is 0 Å². The first kappa shape index (κ1) is 10.9. The molecule has 0 saturated carbocycles. The van der Waals surface area contributed by atoms with Crippen molar-refractivity contribution in [3.63, 3.8) is 0 Å². The minimum atomic E-state index is -2.98. The molecule has 0 spiro atoms. The van der Waals surface area contributed by atoms with E-state index in [2.05, 4.69) is 19.2 Å². The Labute approximate surface area is 80.4 Å². The van der Waals surface area contributed by atoms with Crippen LogP contribution >= 0.6 is 0 Å². The summed E-state index contributed by atoms with van der Waals surface area (Å²) in [7, 11) is -2.98. The van der Waals surface area contributed by atoms with E-state index in [1.54, 1.807) is 0 Å². The van der Waals surface area contributed by atoms with Crippen LogP contribution in [0.4, 0.5) is 0 Å². The monoisotopic (exact) mass is 206 g/mol. The van der Waals surface area contributed by atoms with Crippen molar-refractivity contribution in [2.45, 2.75) is 32.4 Å². The fraction of sp³-hybridized carbons (Fsp3) is 1.00. The highest BCUT2D eigenvalue weighted by Gasteiger charge is 2.28. The lowest BCUT2D eigenvalue weighted by Gasteiger charge is -2.16. The van der Waals surface area contributed by atoms with E-state index in [0.717, 1.165) is 6.42 Å². The summed E-state index contributed by atoms with van der Waals surface area (Å²) in [5.74, 6) is 0. The Morgan fingerprint density at radius 3 is 2.46 bits per heavy atom. The first-order chi connectivity index (χ1) is 5.89. The van der Waals surface area contributed by atoms with Gasteiger partial charge in [0.15, 0.2) is 0 Å². The number of nitrogens with one attached hydrogen (secondary N) is 1. The van der Waals surface area contributed by atoms with E-state index in [1.165, 1.54) is 10.6 Å². The van der Waals surface area contributed by atoms with Gasteiger partial charge in [-0.2, -0.15) is 0 Å². The van der Waals surface area contributed by atoms with Gasteiger partial charge in [-0.05, 0) is 6.42 Å². The maximum absolute atomic E-state index is 11.2. The molecule has 0 aliphatic carbocycles. The summed E-state index contributed by atoms with van der Waals surface area (Å²) in [5.41, 5.74) is 0. The molecule has 0 amide bonds. The van der Waals surface area contributed by atoms with Crippen molar-refractivity contribution in [2.24, 2.45) is 0 Å². The summed E-state index contributed by atoms with van der Waals surface area (Å²) < 4.78 is 23.9. The highest BCUT2D eigenvalue weighted by Crippen LogP contribution is 2.12. The van der Waals surface area contributed by atoms with Gasteiger partial charge >= 0.3 is 0 Å². The van der Waals surface area contributed by atoms with Gasteiger partial charge in [-0.1, -0.05) is 13.8 Å². The second-order valence-corrected chi connectivity index (χ2v) is 5.91. The third-order valence-corrected chi connectivity index (χ3v) is 3.46. The van der Waals surface area contributed by atoms with Crippen molar-refractivity contribution < 1.29 is 8.42 Å². The van der Waals surface area contributed by atoms with E-state index in [-0.39, 0.29) is 0 Å². The molecular weight excluding hydrogens is 188 g/mol. The van der Waals surface area contributed by atoms with Crippen molar-refractivity contribution in [3.05, 3.63) is 0 Å². The molecule has 0 aromatic heterocycles. The van der Waals surface area contributed by atoms with Gasteiger partial charge in [-0.3, -0.25) is 0 Å². The second kappa shape index (κ2) is 3.94. The molecule has 0 aromatic carbocycles. The quantitative estimate of drug-likeness (QED) is 0.708. The van der Waals surface area contributed by atoms with Crippen LogP contribution in [0.1, 0.15) is 20.3 Å². The Balaban J connectivity index is 2.46. The van der Waals surface area contributed by atoms with Gasteiger partial charge in [0.05, 0.1) is 6.26 Å². The molecule has 1 heterocycles. The molecule has 1 rings (SSSR count). The first-order valence-electron chi connectivity index (χ1n) is 4.61.